The zero-order valence-corrected chi connectivity index (χ0v) is 18.7. The Bertz CT molecular complexity index is 503. The van der Waals surface area contributed by atoms with E-state index in [1.165, 1.54) is 12.8 Å². The minimum atomic E-state index is -1.91. The predicted octanol–water partition coefficient (Wildman–Crippen LogP) is 5.06. The van der Waals surface area contributed by atoms with Crippen molar-refractivity contribution in [2.45, 2.75) is 103 Å². The first-order valence-corrected chi connectivity index (χ1v) is 13.9. The number of aliphatic carboxylic acids is 1. The minimum absolute atomic E-state index is 0.119. The van der Waals surface area contributed by atoms with Gasteiger partial charge in [0, 0.05) is 0 Å². The second-order valence-corrected chi connectivity index (χ2v) is 14.8. The highest BCUT2D eigenvalue weighted by atomic mass is 28.4. The summed E-state index contributed by atoms with van der Waals surface area (Å²) in [5.74, 6) is 0.843. The summed E-state index contributed by atoms with van der Waals surface area (Å²) in [7, 11) is -1.91. The summed E-state index contributed by atoms with van der Waals surface area (Å²) in [6.07, 6.45) is 8.08. The van der Waals surface area contributed by atoms with Gasteiger partial charge in [0.25, 0.3) is 0 Å². The summed E-state index contributed by atoms with van der Waals surface area (Å²) >= 11 is 0. The van der Waals surface area contributed by atoms with Crippen LogP contribution in [0, 0.1) is 23.2 Å². The molecule has 0 saturated heterocycles. The summed E-state index contributed by atoms with van der Waals surface area (Å²) in [6.45, 7) is 12.6. The van der Waals surface area contributed by atoms with E-state index in [0.717, 1.165) is 32.1 Å². The lowest BCUT2D eigenvalue weighted by atomic mass is 9.61. The molecular formula is C21H40O4Si. The van der Waals surface area contributed by atoms with Crippen molar-refractivity contribution in [1.82, 2.24) is 0 Å². The molecule has 0 aromatic carbocycles. The molecule has 26 heavy (non-hydrogen) atoms. The van der Waals surface area contributed by atoms with E-state index in [2.05, 4.69) is 13.8 Å². The van der Waals surface area contributed by atoms with Crippen molar-refractivity contribution in [3.8, 4) is 0 Å². The van der Waals surface area contributed by atoms with Gasteiger partial charge in [0.15, 0.2) is 13.9 Å². The van der Waals surface area contributed by atoms with Crippen LogP contribution in [0.5, 0.6) is 0 Å². The number of hydrogen-bond donors (Lipinski definition) is 2. The van der Waals surface area contributed by atoms with Crippen LogP contribution in [-0.2, 0) is 9.22 Å². The van der Waals surface area contributed by atoms with Crippen molar-refractivity contribution in [2.24, 2.45) is 23.2 Å². The summed E-state index contributed by atoms with van der Waals surface area (Å²) in [5, 5.41) is 20.1. The standard InChI is InChI=1S/C21H40O4Si/c1-15(9-7-14-21(3,19(23)24)25-26(4,5)6)16-11-12-17-18(22)10-8-13-20(16,17)2/h15-18,22H,7-14H2,1-6H3,(H,23,24)/t15-,16-,17?,18?,20-,21-/m1/s1. The maximum atomic E-state index is 11.8. The van der Waals surface area contributed by atoms with E-state index in [0.29, 0.717) is 24.2 Å². The zero-order chi connectivity index (χ0) is 19.8. The average molecular weight is 385 g/mol. The van der Waals surface area contributed by atoms with Gasteiger partial charge in [-0.05, 0) is 88.3 Å². The molecule has 2 fully saturated rings. The Balaban J connectivity index is 1.94. The number of carbonyl (C=O) groups is 1. The number of carboxylic acids is 1. The number of carboxylic acid groups (broad SMARTS) is 1. The molecule has 4 nitrogen and oxygen atoms in total. The Morgan fingerprint density at radius 1 is 1.31 bits per heavy atom. The summed E-state index contributed by atoms with van der Waals surface area (Å²) in [4.78, 5) is 11.8. The topological polar surface area (TPSA) is 66.8 Å². The number of fused-ring (bicyclic) bond motifs is 1. The first kappa shape index (κ1) is 21.9. The molecule has 2 aliphatic rings. The molecular weight excluding hydrogens is 344 g/mol. The number of aliphatic hydroxyl groups is 1. The van der Waals surface area contributed by atoms with Gasteiger partial charge in [-0.3, -0.25) is 0 Å². The number of hydrogen-bond acceptors (Lipinski definition) is 3. The fourth-order valence-corrected chi connectivity index (χ4v) is 7.50. The SMILES string of the molecule is C[C@H](CCC[C@@](C)(O[Si](C)(C)C)C(=O)O)[C@H]1CCC2C(O)CCC[C@@]21C. The van der Waals surface area contributed by atoms with E-state index in [1.807, 2.05) is 19.6 Å². The fourth-order valence-electron chi connectivity index (χ4n) is 5.96. The highest BCUT2D eigenvalue weighted by Crippen LogP contribution is 2.58. The van der Waals surface area contributed by atoms with Crippen molar-refractivity contribution in [1.29, 1.82) is 0 Å². The van der Waals surface area contributed by atoms with Crippen LogP contribution in [0.25, 0.3) is 0 Å². The largest absolute Gasteiger partial charge is 0.479 e. The Morgan fingerprint density at radius 3 is 2.54 bits per heavy atom. The number of aliphatic hydroxyl groups excluding tert-OH is 1. The molecule has 152 valence electrons. The first-order valence-electron chi connectivity index (χ1n) is 10.5. The Morgan fingerprint density at radius 2 is 1.96 bits per heavy atom. The summed E-state index contributed by atoms with van der Waals surface area (Å²) in [5.41, 5.74) is -0.796. The first-order chi connectivity index (χ1) is 11.9. The Hall–Kier alpha value is -0.393. The highest BCUT2D eigenvalue weighted by Gasteiger charge is 2.52. The fraction of sp³-hybridized carbons (Fsp3) is 0.952. The third kappa shape index (κ3) is 4.71. The summed E-state index contributed by atoms with van der Waals surface area (Å²) < 4.78 is 6.02. The van der Waals surface area contributed by atoms with Crippen LogP contribution in [-0.4, -0.2) is 36.2 Å². The van der Waals surface area contributed by atoms with Gasteiger partial charge in [0.05, 0.1) is 6.10 Å². The second-order valence-electron chi connectivity index (χ2n) is 10.4. The molecule has 2 rings (SSSR count). The van der Waals surface area contributed by atoms with Gasteiger partial charge in [0.1, 0.15) is 0 Å². The molecule has 0 heterocycles. The molecule has 0 radical (unpaired) electrons. The van der Waals surface area contributed by atoms with Gasteiger partial charge in [-0.1, -0.05) is 26.7 Å². The Kier molecular flexibility index (Phi) is 6.67. The van der Waals surface area contributed by atoms with Crippen molar-refractivity contribution in [3.63, 3.8) is 0 Å². The van der Waals surface area contributed by atoms with Crippen molar-refractivity contribution >= 4 is 14.3 Å². The monoisotopic (exact) mass is 384 g/mol. The minimum Gasteiger partial charge on any atom is -0.479 e. The van der Waals surface area contributed by atoms with Crippen LogP contribution < -0.4 is 0 Å². The quantitative estimate of drug-likeness (QED) is 0.574. The molecule has 0 bridgehead atoms. The molecule has 2 unspecified atom stereocenters. The number of rotatable bonds is 8. The van der Waals surface area contributed by atoms with Gasteiger partial charge >= 0.3 is 5.97 Å². The molecule has 2 saturated carbocycles. The molecule has 0 aromatic rings. The maximum Gasteiger partial charge on any atom is 0.334 e. The van der Waals surface area contributed by atoms with E-state index in [-0.39, 0.29) is 11.5 Å². The molecule has 5 heteroatoms. The average Bonchev–Trinajstić information content (AvgIpc) is 2.83. The Labute approximate surface area is 160 Å². The van der Waals surface area contributed by atoms with Crippen LogP contribution in [0.3, 0.4) is 0 Å². The smallest absolute Gasteiger partial charge is 0.334 e. The third-order valence-electron chi connectivity index (χ3n) is 7.15. The predicted molar refractivity (Wildman–Crippen MR) is 108 cm³/mol. The molecule has 6 atom stereocenters. The molecule has 0 amide bonds. The normalized spacial score (nSPS) is 35.6. The van der Waals surface area contributed by atoms with Gasteiger partial charge in [-0.2, -0.15) is 0 Å². The van der Waals surface area contributed by atoms with E-state index in [4.69, 9.17) is 4.43 Å². The van der Waals surface area contributed by atoms with E-state index in [1.54, 1.807) is 6.92 Å². The van der Waals surface area contributed by atoms with Crippen LogP contribution >= 0.6 is 0 Å². The zero-order valence-electron chi connectivity index (χ0n) is 17.7. The molecule has 0 spiro atoms. The summed E-state index contributed by atoms with van der Waals surface area (Å²) in [6, 6.07) is 0. The lowest BCUT2D eigenvalue weighted by molar-refractivity contribution is -0.155. The lowest BCUT2D eigenvalue weighted by Gasteiger charge is -2.45. The van der Waals surface area contributed by atoms with Crippen LogP contribution in [0.4, 0.5) is 0 Å². The van der Waals surface area contributed by atoms with Crippen LogP contribution in [0.2, 0.25) is 19.6 Å². The molecule has 0 aliphatic heterocycles. The van der Waals surface area contributed by atoms with Crippen molar-refractivity contribution in [2.75, 3.05) is 0 Å². The van der Waals surface area contributed by atoms with Crippen molar-refractivity contribution < 1.29 is 19.4 Å². The highest BCUT2D eigenvalue weighted by molar-refractivity contribution is 6.70. The molecule has 0 aromatic heterocycles. The van der Waals surface area contributed by atoms with Crippen molar-refractivity contribution in [3.05, 3.63) is 0 Å². The van der Waals surface area contributed by atoms with Crippen LogP contribution in [0.15, 0.2) is 0 Å². The second kappa shape index (κ2) is 7.92. The van der Waals surface area contributed by atoms with Crippen LogP contribution in [0.1, 0.15) is 72.1 Å². The van der Waals surface area contributed by atoms with E-state index < -0.39 is 19.9 Å². The van der Waals surface area contributed by atoms with E-state index in [9.17, 15) is 15.0 Å². The maximum absolute atomic E-state index is 11.8. The van der Waals surface area contributed by atoms with Gasteiger partial charge in [-0.25, -0.2) is 4.79 Å². The lowest BCUT2D eigenvalue weighted by Crippen LogP contribution is -2.46. The van der Waals surface area contributed by atoms with Gasteiger partial charge in [0.2, 0.25) is 0 Å². The molecule has 2 aliphatic carbocycles. The molecule has 2 N–H and O–H groups in total. The van der Waals surface area contributed by atoms with E-state index >= 15 is 0 Å². The van der Waals surface area contributed by atoms with Gasteiger partial charge < -0.3 is 14.6 Å². The van der Waals surface area contributed by atoms with Gasteiger partial charge in [-0.15, -0.1) is 0 Å². The third-order valence-corrected chi connectivity index (χ3v) is 8.21.